The molecule has 0 aliphatic rings. The molecule has 20 heavy (non-hydrogen) atoms. The molecule has 1 aromatic carbocycles. The number of benzene rings is 1. The zero-order chi connectivity index (χ0) is 14.5. The van der Waals surface area contributed by atoms with E-state index in [9.17, 15) is 0 Å². The number of rotatable bonds is 4. The average molecular weight is 269 g/mol. The van der Waals surface area contributed by atoms with Gasteiger partial charge in [-0.2, -0.15) is 10.4 Å². The molecular formula is C14H15N5O. The Morgan fingerprint density at radius 3 is 2.60 bits per heavy atom. The van der Waals surface area contributed by atoms with E-state index in [4.69, 9.17) is 10.00 Å². The van der Waals surface area contributed by atoms with Crippen LogP contribution in [0.5, 0.6) is 5.75 Å². The number of nitrogens with zero attached hydrogens (tertiary/aromatic N) is 5. The van der Waals surface area contributed by atoms with Crippen molar-refractivity contribution in [3.05, 3.63) is 36.0 Å². The van der Waals surface area contributed by atoms with Crippen LogP contribution in [0.1, 0.15) is 5.56 Å². The van der Waals surface area contributed by atoms with E-state index >= 15 is 0 Å². The quantitative estimate of drug-likeness (QED) is 0.628. The Hall–Kier alpha value is -2.81. The molecule has 0 aliphatic carbocycles. The van der Waals surface area contributed by atoms with Crippen molar-refractivity contribution in [2.24, 2.45) is 4.99 Å². The number of hydrogen-bond acceptors (Lipinski definition) is 4. The van der Waals surface area contributed by atoms with Gasteiger partial charge in [-0.05, 0) is 24.3 Å². The third-order valence-electron chi connectivity index (χ3n) is 2.59. The normalized spacial score (nSPS) is 10.5. The summed E-state index contributed by atoms with van der Waals surface area (Å²) in [6.07, 6.45) is 3.14. The van der Waals surface area contributed by atoms with E-state index in [1.54, 1.807) is 23.0 Å². The van der Waals surface area contributed by atoms with E-state index in [-0.39, 0.29) is 0 Å². The molecule has 102 valence electrons. The minimum atomic E-state index is 0.430. The van der Waals surface area contributed by atoms with Gasteiger partial charge < -0.3 is 9.64 Å². The molecule has 6 nitrogen and oxygen atoms in total. The number of hydrogen-bond donors (Lipinski definition) is 0. The first kappa shape index (κ1) is 13.6. The summed E-state index contributed by atoms with van der Waals surface area (Å²) >= 11 is 0. The van der Waals surface area contributed by atoms with Crippen LogP contribution >= 0.6 is 0 Å². The summed E-state index contributed by atoms with van der Waals surface area (Å²) in [5.41, 5.74) is 1.25. The molecule has 0 fully saturated rings. The lowest BCUT2D eigenvalue weighted by molar-refractivity contribution is 0.414. The van der Waals surface area contributed by atoms with Crippen LogP contribution in [-0.2, 0) is 0 Å². The highest BCUT2D eigenvalue weighted by Crippen LogP contribution is 2.23. The summed E-state index contributed by atoms with van der Waals surface area (Å²) < 4.78 is 6.75. The Kier molecular flexibility index (Phi) is 4.01. The summed E-state index contributed by atoms with van der Waals surface area (Å²) in [5.74, 6) is 1.27. The van der Waals surface area contributed by atoms with Crippen molar-refractivity contribution in [3.63, 3.8) is 0 Å². The van der Waals surface area contributed by atoms with Crippen molar-refractivity contribution < 1.29 is 4.74 Å². The van der Waals surface area contributed by atoms with Gasteiger partial charge in [-0.1, -0.05) is 0 Å². The van der Waals surface area contributed by atoms with E-state index in [1.165, 1.54) is 6.20 Å². The second-order valence-electron chi connectivity index (χ2n) is 4.31. The van der Waals surface area contributed by atoms with Crippen LogP contribution in [-0.4, -0.2) is 42.2 Å². The van der Waals surface area contributed by atoms with Crippen molar-refractivity contribution in [1.29, 1.82) is 5.26 Å². The van der Waals surface area contributed by atoms with E-state index in [0.717, 1.165) is 11.4 Å². The van der Waals surface area contributed by atoms with Crippen molar-refractivity contribution in [3.8, 4) is 17.5 Å². The number of aromatic nitrogens is 2. The summed E-state index contributed by atoms with van der Waals surface area (Å²) in [7, 11) is 5.34. The molecule has 0 spiro atoms. The standard InChI is InChI=1S/C14H15N5O/c1-18(2)10-16-14-11(8-15)9-17-19(14)12-4-6-13(20-3)7-5-12/h4-7,9-10H,1-3H3/b16-10+. The van der Waals surface area contributed by atoms with Crippen LogP contribution in [0.2, 0.25) is 0 Å². The van der Waals surface area contributed by atoms with Gasteiger partial charge in [0.05, 0.1) is 25.3 Å². The van der Waals surface area contributed by atoms with Crippen LogP contribution in [0.4, 0.5) is 5.82 Å². The Bertz CT molecular complexity index is 649. The zero-order valence-electron chi connectivity index (χ0n) is 11.6. The van der Waals surface area contributed by atoms with E-state index in [1.807, 2.05) is 38.4 Å². The lowest BCUT2D eigenvalue weighted by Crippen LogP contribution is -2.07. The lowest BCUT2D eigenvalue weighted by Gasteiger charge is -2.07. The maximum Gasteiger partial charge on any atom is 0.175 e. The molecule has 0 amide bonds. The first-order chi connectivity index (χ1) is 9.65. The fraction of sp³-hybridized carbons (Fsp3) is 0.214. The van der Waals surface area contributed by atoms with Crippen LogP contribution in [0.25, 0.3) is 5.69 Å². The molecule has 0 N–H and O–H groups in total. The molecule has 0 atom stereocenters. The number of methoxy groups -OCH3 is 1. The van der Waals surface area contributed by atoms with Gasteiger partial charge >= 0.3 is 0 Å². The van der Waals surface area contributed by atoms with Gasteiger partial charge in [0.2, 0.25) is 0 Å². The highest BCUT2D eigenvalue weighted by molar-refractivity contribution is 5.63. The van der Waals surface area contributed by atoms with Crippen molar-refractivity contribution >= 4 is 12.2 Å². The first-order valence-electron chi connectivity index (χ1n) is 5.99. The lowest BCUT2D eigenvalue weighted by atomic mass is 10.3. The van der Waals surface area contributed by atoms with Crippen LogP contribution in [0.3, 0.4) is 0 Å². The Labute approximate surface area is 117 Å². The van der Waals surface area contributed by atoms with Crippen LogP contribution in [0.15, 0.2) is 35.5 Å². The van der Waals surface area contributed by atoms with Gasteiger partial charge in [-0.3, -0.25) is 0 Å². The van der Waals surface area contributed by atoms with Crippen LogP contribution < -0.4 is 4.74 Å². The molecule has 1 heterocycles. The Morgan fingerprint density at radius 2 is 2.05 bits per heavy atom. The minimum absolute atomic E-state index is 0.430. The van der Waals surface area contributed by atoms with Crippen molar-refractivity contribution in [2.45, 2.75) is 0 Å². The van der Waals surface area contributed by atoms with Gasteiger partial charge in [-0.25, -0.2) is 9.67 Å². The largest absolute Gasteiger partial charge is 0.497 e. The third-order valence-corrected chi connectivity index (χ3v) is 2.59. The fourth-order valence-corrected chi connectivity index (χ4v) is 1.63. The Balaban J connectivity index is 2.45. The highest BCUT2D eigenvalue weighted by atomic mass is 16.5. The number of nitriles is 1. The van der Waals surface area contributed by atoms with Gasteiger partial charge in [-0.15, -0.1) is 0 Å². The van der Waals surface area contributed by atoms with E-state index in [0.29, 0.717) is 11.4 Å². The fourth-order valence-electron chi connectivity index (χ4n) is 1.63. The minimum Gasteiger partial charge on any atom is -0.497 e. The average Bonchev–Trinajstić information content (AvgIpc) is 2.88. The number of aliphatic imine (C=N–C) groups is 1. The molecule has 0 bridgehead atoms. The van der Waals surface area contributed by atoms with Gasteiger partial charge in [0, 0.05) is 14.1 Å². The molecule has 0 saturated carbocycles. The molecule has 6 heteroatoms. The molecule has 1 aromatic heterocycles. The highest BCUT2D eigenvalue weighted by Gasteiger charge is 2.11. The molecule has 0 saturated heterocycles. The molecule has 0 unspecified atom stereocenters. The van der Waals surface area contributed by atoms with Crippen molar-refractivity contribution in [2.75, 3.05) is 21.2 Å². The summed E-state index contributed by atoms with van der Waals surface area (Å²) in [6.45, 7) is 0. The van der Waals surface area contributed by atoms with Gasteiger partial charge in [0.15, 0.2) is 5.82 Å². The summed E-state index contributed by atoms with van der Waals surface area (Å²) in [4.78, 5) is 6.10. The van der Waals surface area contributed by atoms with Gasteiger partial charge in [0.1, 0.15) is 17.4 Å². The molecule has 0 aliphatic heterocycles. The maximum atomic E-state index is 9.12. The second kappa shape index (κ2) is 5.89. The van der Waals surface area contributed by atoms with Crippen LogP contribution in [0, 0.1) is 11.3 Å². The molecule has 2 aromatic rings. The number of ether oxygens (including phenoxy) is 1. The van der Waals surface area contributed by atoms with Crippen molar-refractivity contribution in [1.82, 2.24) is 14.7 Å². The Morgan fingerprint density at radius 1 is 1.35 bits per heavy atom. The van der Waals surface area contributed by atoms with E-state index in [2.05, 4.69) is 16.2 Å². The second-order valence-corrected chi connectivity index (χ2v) is 4.31. The molecule has 2 rings (SSSR count). The third kappa shape index (κ3) is 2.78. The maximum absolute atomic E-state index is 9.12. The first-order valence-corrected chi connectivity index (χ1v) is 5.99. The molecular weight excluding hydrogens is 254 g/mol. The predicted molar refractivity (Wildman–Crippen MR) is 76.7 cm³/mol. The predicted octanol–water partition coefficient (Wildman–Crippen LogP) is 1.97. The smallest absolute Gasteiger partial charge is 0.175 e. The van der Waals surface area contributed by atoms with Gasteiger partial charge in [0.25, 0.3) is 0 Å². The summed E-state index contributed by atoms with van der Waals surface area (Å²) in [6, 6.07) is 9.49. The monoisotopic (exact) mass is 269 g/mol. The zero-order valence-corrected chi connectivity index (χ0v) is 11.6. The SMILES string of the molecule is COc1ccc(-n2ncc(C#N)c2/N=C/N(C)C)cc1. The topological polar surface area (TPSA) is 66.4 Å². The molecule has 0 radical (unpaired) electrons. The van der Waals surface area contributed by atoms with E-state index < -0.39 is 0 Å². The summed E-state index contributed by atoms with van der Waals surface area (Å²) in [5, 5.41) is 13.3.